The first-order valence-electron chi connectivity index (χ1n) is 5.23. The van der Waals surface area contributed by atoms with Gasteiger partial charge in [0, 0.05) is 0 Å². The maximum Gasteiger partial charge on any atom is 0.242 e. The Bertz CT molecular complexity index is 377. The van der Waals surface area contributed by atoms with E-state index in [0.717, 1.165) is 5.56 Å². The van der Waals surface area contributed by atoms with Crippen molar-refractivity contribution < 1.29 is 9.53 Å². The molecule has 1 N–H and O–H groups in total. The van der Waals surface area contributed by atoms with Crippen molar-refractivity contribution in [3.63, 3.8) is 0 Å². The number of carbonyl (C=O) groups is 1. The maximum absolute atomic E-state index is 11.5. The Morgan fingerprint density at radius 1 is 1.56 bits per heavy atom. The number of amides is 1. The zero-order chi connectivity index (χ0) is 12.1. The van der Waals surface area contributed by atoms with Crippen LogP contribution < -0.4 is 10.1 Å². The number of alkyl halides is 1. The molecule has 0 aliphatic carbocycles. The third-order valence-corrected chi connectivity index (χ3v) is 2.25. The summed E-state index contributed by atoms with van der Waals surface area (Å²) in [6.07, 6.45) is 0. The molecule has 0 aliphatic rings. The van der Waals surface area contributed by atoms with Crippen LogP contribution in [0.5, 0.6) is 5.75 Å². The zero-order valence-electron chi connectivity index (χ0n) is 9.71. The molecule has 0 aromatic heterocycles. The predicted octanol–water partition coefficient (Wildman–Crippen LogP) is 2.96. The van der Waals surface area contributed by atoms with Crippen molar-refractivity contribution in [3.8, 4) is 5.75 Å². The van der Waals surface area contributed by atoms with Gasteiger partial charge in [-0.1, -0.05) is 6.07 Å². The Morgan fingerprint density at radius 3 is 2.81 bits per heavy atom. The minimum absolute atomic E-state index is 0.230. The largest absolute Gasteiger partial charge is 0.492 e. The summed E-state index contributed by atoms with van der Waals surface area (Å²) in [6.45, 7) is 6.06. The lowest BCUT2D eigenvalue weighted by Gasteiger charge is -2.12. The van der Waals surface area contributed by atoms with Crippen LogP contribution in [-0.4, -0.2) is 17.9 Å². The highest BCUT2D eigenvalue weighted by Crippen LogP contribution is 2.26. The molecule has 0 saturated carbocycles. The fraction of sp³-hybridized carbons (Fsp3) is 0.417. The fourth-order valence-electron chi connectivity index (χ4n) is 1.24. The van der Waals surface area contributed by atoms with Gasteiger partial charge in [-0.3, -0.25) is 4.79 Å². The molecule has 1 aromatic rings. The summed E-state index contributed by atoms with van der Waals surface area (Å²) in [5.41, 5.74) is 1.74. The number of hydrogen-bond acceptors (Lipinski definition) is 2. The molecule has 1 amide bonds. The number of carbonyl (C=O) groups excluding carboxylic acids is 1. The molecule has 4 heteroatoms. The molecule has 16 heavy (non-hydrogen) atoms. The second kappa shape index (κ2) is 5.75. The van der Waals surface area contributed by atoms with Gasteiger partial charge in [-0.25, -0.2) is 0 Å². The van der Waals surface area contributed by atoms with Crippen molar-refractivity contribution in [1.82, 2.24) is 0 Å². The Balaban J connectivity index is 2.90. The molecule has 0 bridgehead atoms. The molecule has 0 spiro atoms. The monoisotopic (exact) mass is 241 g/mol. The van der Waals surface area contributed by atoms with E-state index >= 15 is 0 Å². The molecule has 0 aliphatic heterocycles. The normalized spacial score (nSPS) is 12.0. The quantitative estimate of drug-likeness (QED) is 0.823. The highest BCUT2D eigenvalue weighted by molar-refractivity contribution is 6.32. The van der Waals surface area contributed by atoms with Crippen molar-refractivity contribution in [2.24, 2.45) is 0 Å². The van der Waals surface area contributed by atoms with Crippen LogP contribution in [0.25, 0.3) is 0 Å². The van der Waals surface area contributed by atoms with Gasteiger partial charge in [-0.15, -0.1) is 11.6 Å². The van der Waals surface area contributed by atoms with Gasteiger partial charge in [0.15, 0.2) is 0 Å². The minimum atomic E-state index is -0.559. The van der Waals surface area contributed by atoms with Gasteiger partial charge >= 0.3 is 0 Å². The first-order valence-corrected chi connectivity index (χ1v) is 5.66. The van der Waals surface area contributed by atoms with Gasteiger partial charge in [0.1, 0.15) is 11.1 Å². The summed E-state index contributed by atoms with van der Waals surface area (Å²) in [7, 11) is 0. The molecule has 0 fully saturated rings. The van der Waals surface area contributed by atoms with Crippen LogP contribution in [0.15, 0.2) is 18.2 Å². The van der Waals surface area contributed by atoms with Gasteiger partial charge in [0.05, 0.1) is 12.3 Å². The molecule has 1 aromatic carbocycles. The second-order valence-corrected chi connectivity index (χ2v) is 4.19. The van der Waals surface area contributed by atoms with Crippen molar-refractivity contribution in [2.45, 2.75) is 26.1 Å². The average molecular weight is 242 g/mol. The summed E-state index contributed by atoms with van der Waals surface area (Å²) in [4.78, 5) is 11.5. The van der Waals surface area contributed by atoms with E-state index < -0.39 is 5.38 Å². The number of ether oxygens (including phenoxy) is 1. The maximum atomic E-state index is 11.5. The number of anilines is 1. The average Bonchev–Trinajstić information content (AvgIpc) is 2.22. The first kappa shape index (κ1) is 12.8. The van der Waals surface area contributed by atoms with Crippen LogP contribution >= 0.6 is 11.6 Å². The van der Waals surface area contributed by atoms with Crippen molar-refractivity contribution in [1.29, 1.82) is 0 Å². The Hall–Kier alpha value is -1.22. The number of halogens is 1. The lowest BCUT2D eigenvalue weighted by molar-refractivity contribution is -0.115. The molecule has 1 rings (SSSR count). The van der Waals surface area contributed by atoms with Crippen LogP contribution in [0.3, 0.4) is 0 Å². The lowest BCUT2D eigenvalue weighted by atomic mass is 10.2. The van der Waals surface area contributed by atoms with Crippen LogP contribution in [0, 0.1) is 6.92 Å². The highest BCUT2D eigenvalue weighted by atomic mass is 35.5. The van der Waals surface area contributed by atoms with Gasteiger partial charge in [-0.05, 0) is 38.5 Å². The molecular weight excluding hydrogens is 226 g/mol. The lowest BCUT2D eigenvalue weighted by Crippen LogP contribution is -2.20. The van der Waals surface area contributed by atoms with Crippen LogP contribution in [0.2, 0.25) is 0 Å². The Labute approximate surface area is 101 Å². The second-order valence-electron chi connectivity index (χ2n) is 3.54. The summed E-state index contributed by atoms with van der Waals surface area (Å²) < 4.78 is 5.44. The van der Waals surface area contributed by atoms with Crippen LogP contribution in [-0.2, 0) is 4.79 Å². The van der Waals surface area contributed by atoms with Crippen molar-refractivity contribution in [3.05, 3.63) is 23.8 Å². The fourth-order valence-corrected chi connectivity index (χ4v) is 1.29. The Morgan fingerprint density at radius 2 is 2.25 bits per heavy atom. The molecule has 1 atom stereocenters. The van der Waals surface area contributed by atoms with E-state index in [0.29, 0.717) is 18.0 Å². The minimum Gasteiger partial charge on any atom is -0.492 e. The third-order valence-electron chi connectivity index (χ3n) is 2.06. The smallest absolute Gasteiger partial charge is 0.242 e. The first-order chi connectivity index (χ1) is 7.54. The number of nitrogens with one attached hydrogen (secondary N) is 1. The summed E-state index contributed by atoms with van der Waals surface area (Å²) in [5.74, 6) is 0.444. The van der Waals surface area contributed by atoms with Crippen molar-refractivity contribution in [2.75, 3.05) is 11.9 Å². The van der Waals surface area contributed by atoms with Crippen LogP contribution in [0.1, 0.15) is 19.4 Å². The molecule has 1 unspecified atom stereocenters. The number of aryl methyl sites for hydroxylation is 1. The standard InChI is InChI=1S/C12H16ClNO2/c1-4-16-11-7-8(2)5-6-10(11)14-12(15)9(3)13/h5-7,9H,4H2,1-3H3,(H,14,15). The van der Waals surface area contributed by atoms with E-state index in [1.807, 2.05) is 32.0 Å². The third kappa shape index (κ3) is 3.42. The summed E-state index contributed by atoms with van der Waals surface area (Å²) >= 11 is 5.69. The number of benzene rings is 1. The topological polar surface area (TPSA) is 38.3 Å². The zero-order valence-corrected chi connectivity index (χ0v) is 10.5. The SMILES string of the molecule is CCOc1cc(C)ccc1NC(=O)C(C)Cl. The van der Waals surface area contributed by atoms with Gasteiger partial charge in [0.2, 0.25) is 5.91 Å². The Kier molecular flexibility index (Phi) is 4.62. The summed E-state index contributed by atoms with van der Waals surface area (Å²) in [6, 6.07) is 5.62. The molecule has 3 nitrogen and oxygen atoms in total. The number of rotatable bonds is 4. The van der Waals surface area contributed by atoms with E-state index in [4.69, 9.17) is 16.3 Å². The van der Waals surface area contributed by atoms with Crippen LogP contribution in [0.4, 0.5) is 5.69 Å². The van der Waals surface area contributed by atoms with Gasteiger partial charge < -0.3 is 10.1 Å². The molecule has 0 radical (unpaired) electrons. The molecule has 0 saturated heterocycles. The number of hydrogen-bond donors (Lipinski definition) is 1. The highest BCUT2D eigenvalue weighted by Gasteiger charge is 2.12. The molecular formula is C12H16ClNO2. The molecule has 0 heterocycles. The van der Waals surface area contributed by atoms with Gasteiger partial charge in [0.25, 0.3) is 0 Å². The van der Waals surface area contributed by atoms with E-state index in [1.54, 1.807) is 6.92 Å². The predicted molar refractivity (Wildman–Crippen MR) is 66.3 cm³/mol. The van der Waals surface area contributed by atoms with Crippen molar-refractivity contribution >= 4 is 23.2 Å². The van der Waals surface area contributed by atoms with E-state index in [9.17, 15) is 4.79 Å². The van der Waals surface area contributed by atoms with Gasteiger partial charge in [-0.2, -0.15) is 0 Å². The van der Waals surface area contributed by atoms with E-state index in [1.165, 1.54) is 0 Å². The summed E-state index contributed by atoms with van der Waals surface area (Å²) in [5, 5.41) is 2.17. The van der Waals surface area contributed by atoms with E-state index in [2.05, 4.69) is 5.32 Å². The van der Waals surface area contributed by atoms with E-state index in [-0.39, 0.29) is 5.91 Å². The molecule has 88 valence electrons.